The number of amides is 2. The second kappa shape index (κ2) is 9.73. The predicted molar refractivity (Wildman–Crippen MR) is 148 cm³/mol. The third-order valence-corrected chi connectivity index (χ3v) is 7.64. The maximum atomic E-state index is 12.8. The molecule has 1 N–H and O–H groups in total. The van der Waals surface area contributed by atoms with Gasteiger partial charge < -0.3 is 9.84 Å². The summed E-state index contributed by atoms with van der Waals surface area (Å²) in [5, 5.41) is 19.5. The van der Waals surface area contributed by atoms with Crippen LogP contribution >= 0.6 is 0 Å². The smallest absolute Gasteiger partial charge is 0.408 e. The second-order valence-corrected chi connectivity index (χ2v) is 11.2. The molecule has 0 saturated heterocycles. The SMILES string of the molecule is C[C@H]1Oc2nc(-c3ccc(C4(N(C(=O)O)C(C)(C)C)CCC4)cc3)c(-c3ccccc3)cc2N(CC#N)C1=O. The Morgan fingerprint density at radius 3 is 2.36 bits per heavy atom. The number of anilines is 1. The first-order valence-electron chi connectivity index (χ1n) is 13.2. The van der Waals surface area contributed by atoms with Gasteiger partial charge in [0.15, 0.2) is 6.10 Å². The molecule has 0 radical (unpaired) electrons. The van der Waals surface area contributed by atoms with Crippen LogP contribution in [0.4, 0.5) is 10.5 Å². The molecule has 2 aromatic carbocycles. The van der Waals surface area contributed by atoms with E-state index in [-0.39, 0.29) is 12.5 Å². The van der Waals surface area contributed by atoms with E-state index in [2.05, 4.69) is 6.07 Å². The lowest BCUT2D eigenvalue weighted by atomic mass is 9.69. The molecule has 8 nitrogen and oxygen atoms in total. The van der Waals surface area contributed by atoms with E-state index < -0.39 is 23.3 Å². The van der Waals surface area contributed by atoms with Crippen molar-refractivity contribution < 1.29 is 19.4 Å². The fourth-order valence-electron chi connectivity index (χ4n) is 5.82. The number of hydrogen-bond donors (Lipinski definition) is 1. The molecule has 1 atom stereocenters. The Balaban J connectivity index is 1.63. The van der Waals surface area contributed by atoms with Crippen molar-refractivity contribution in [3.05, 3.63) is 66.2 Å². The first-order valence-corrected chi connectivity index (χ1v) is 13.2. The first kappa shape index (κ1) is 26.2. The summed E-state index contributed by atoms with van der Waals surface area (Å²) in [6.07, 6.45) is 0.846. The number of ether oxygens (including phenoxy) is 1. The van der Waals surface area contributed by atoms with Crippen LogP contribution in [0.2, 0.25) is 0 Å². The molecular formula is C31H32N4O4. The van der Waals surface area contributed by atoms with Gasteiger partial charge in [-0.25, -0.2) is 9.78 Å². The number of nitriles is 1. The normalized spacial score (nSPS) is 17.9. The number of aromatic nitrogens is 1. The van der Waals surface area contributed by atoms with Gasteiger partial charge in [-0.15, -0.1) is 0 Å². The Bertz CT molecular complexity index is 1450. The van der Waals surface area contributed by atoms with Gasteiger partial charge in [0.1, 0.15) is 12.2 Å². The Kier molecular flexibility index (Phi) is 6.55. The molecule has 8 heteroatoms. The standard InChI is InChI=1S/C31H32N4O4/c1-20-28(36)34(18-17-32)25-19-24(21-9-6-5-7-10-21)26(33-27(25)39-20)22-11-13-23(14-12-22)31(15-8-16-31)35(29(37)38)30(2,3)4/h5-7,9-14,19-20H,8,15-16,18H2,1-4H3,(H,37,38)/t20-/m1/s1. The van der Waals surface area contributed by atoms with Gasteiger partial charge in [-0.3, -0.25) is 14.6 Å². The number of fused-ring (bicyclic) bond motifs is 1. The van der Waals surface area contributed by atoms with E-state index >= 15 is 0 Å². The Morgan fingerprint density at radius 1 is 1.15 bits per heavy atom. The van der Waals surface area contributed by atoms with Crippen LogP contribution in [-0.4, -0.2) is 45.2 Å². The van der Waals surface area contributed by atoms with E-state index in [1.807, 2.05) is 81.4 Å². The number of benzene rings is 2. The summed E-state index contributed by atoms with van der Waals surface area (Å²) in [6.45, 7) is 7.35. The minimum absolute atomic E-state index is 0.0978. The molecule has 200 valence electrons. The molecule has 5 rings (SSSR count). The summed E-state index contributed by atoms with van der Waals surface area (Å²) in [5.74, 6) is 0.0194. The first-order chi connectivity index (χ1) is 18.6. The van der Waals surface area contributed by atoms with Crippen LogP contribution < -0.4 is 9.64 Å². The summed E-state index contributed by atoms with van der Waals surface area (Å²) in [4.78, 5) is 33.1. The summed E-state index contributed by atoms with van der Waals surface area (Å²) >= 11 is 0. The number of carboxylic acid groups (broad SMARTS) is 1. The zero-order valence-electron chi connectivity index (χ0n) is 22.6. The Morgan fingerprint density at radius 2 is 1.82 bits per heavy atom. The highest BCUT2D eigenvalue weighted by Crippen LogP contribution is 2.50. The molecule has 2 aliphatic rings. The minimum Gasteiger partial charge on any atom is -0.465 e. The van der Waals surface area contributed by atoms with E-state index in [1.165, 1.54) is 4.90 Å². The Labute approximate surface area is 228 Å². The van der Waals surface area contributed by atoms with Crippen molar-refractivity contribution in [3.63, 3.8) is 0 Å². The van der Waals surface area contributed by atoms with Crippen molar-refractivity contribution in [2.24, 2.45) is 0 Å². The van der Waals surface area contributed by atoms with Gasteiger partial charge in [-0.2, -0.15) is 5.26 Å². The summed E-state index contributed by atoms with van der Waals surface area (Å²) < 4.78 is 5.89. The highest BCUT2D eigenvalue weighted by atomic mass is 16.5. The van der Waals surface area contributed by atoms with Crippen LogP contribution in [0.5, 0.6) is 5.88 Å². The largest absolute Gasteiger partial charge is 0.465 e. The predicted octanol–water partition coefficient (Wildman–Crippen LogP) is 6.21. The second-order valence-electron chi connectivity index (χ2n) is 11.2. The van der Waals surface area contributed by atoms with E-state index in [0.29, 0.717) is 17.3 Å². The van der Waals surface area contributed by atoms with Gasteiger partial charge in [0, 0.05) is 16.7 Å². The topological polar surface area (TPSA) is 107 Å². The van der Waals surface area contributed by atoms with Crippen molar-refractivity contribution in [1.29, 1.82) is 5.26 Å². The molecule has 0 bridgehead atoms. The maximum absolute atomic E-state index is 12.8. The maximum Gasteiger partial charge on any atom is 0.408 e. The third-order valence-electron chi connectivity index (χ3n) is 7.64. The van der Waals surface area contributed by atoms with E-state index in [1.54, 1.807) is 11.8 Å². The Hall–Kier alpha value is -4.38. The number of hydrogen-bond acceptors (Lipinski definition) is 5. The average Bonchev–Trinajstić information content (AvgIpc) is 2.88. The van der Waals surface area contributed by atoms with Gasteiger partial charge >= 0.3 is 6.09 Å². The lowest BCUT2D eigenvalue weighted by Crippen LogP contribution is -2.60. The molecule has 1 fully saturated rings. The molecule has 2 heterocycles. The van der Waals surface area contributed by atoms with E-state index in [4.69, 9.17) is 9.72 Å². The van der Waals surface area contributed by atoms with Crippen LogP contribution in [-0.2, 0) is 10.3 Å². The lowest BCUT2D eigenvalue weighted by molar-refractivity contribution is -0.125. The van der Waals surface area contributed by atoms with Gasteiger partial charge in [-0.1, -0.05) is 54.6 Å². The molecule has 1 saturated carbocycles. The van der Waals surface area contributed by atoms with Crippen LogP contribution in [0.25, 0.3) is 22.4 Å². The molecule has 1 aromatic heterocycles. The number of carbonyl (C=O) groups excluding carboxylic acids is 1. The molecule has 3 aromatic rings. The monoisotopic (exact) mass is 524 g/mol. The quantitative estimate of drug-likeness (QED) is 0.398. The highest BCUT2D eigenvalue weighted by molar-refractivity contribution is 6.01. The van der Waals surface area contributed by atoms with Crippen molar-refractivity contribution in [2.45, 2.75) is 64.1 Å². The summed E-state index contributed by atoms with van der Waals surface area (Å²) in [6, 6.07) is 21.6. The summed E-state index contributed by atoms with van der Waals surface area (Å²) in [5.41, 5.74) is 3.55. The van der Waals surface area contributed by atoms with Gasteiger partial charge in [0.2, 0.25) is 5.88 Å². The fourth-order valence-corrected chi connectivity index (χ4v) is 5.82. The van der Waals surface area contributed by atoms with Crippen molar-refractivity contribution in [1.82, 2.24) is 9.88 Å². The van der Waals surface area contributed by atoms with E-state index in [0.717, 1.165) is 41.5 Å². The van der Waals surface area contributed by atoms with Crippen molar-refractivity contribution in [3.8, 4) is 34.3 Å². The van der Waals surface area contributed by atoms with Gasteiger partial charge in [-0.05, 0) is 64.2 Å². The minimum atomic E-state index is -0.920. The number of rotatable bonds is 5. The van der Waals surface area contributed by atoms with Crippen LogP contribution in [0, 0.1) is 11.3 Å². The molecular weight excluding hydrogens is 492 g/mol. The van der Waals surface area contributed by atoms with Gasteiger partial charge in [0.05, 0.1) is 17.3 Å². The summed E-state index contributed by atoms with van der Waals surface area (Å²) in [7, 11) is 0. The molecule has 0 unspecified atom stereocenters. The number of carbonyl (C=O) groups is 2. The van der Waals surface area contributed by atoms with Crippen LogP contribution in [0.15, 0.2) is 60.7 Å². The zero-order valence-corrected chi connectivity index (χ0v) is 22.6. The van der Waals surface area contributed by atoms with Crippen LogP contribution in [0.1, 0.15) is 52.5 Å². The molecule has 1 aliphatic carbocycles. The van der Waals surface area contributed by atoms with Crippen molar-refractivity contribution >= 4 is 17.7 Å². The van der Waals surface area contributed by atoms with Crippen LogP contribution in [0.3, 0.4) is 0 Å². The molecule has 39 heavy (non-hydrogen) atoms. The fraction of sp³-hybridized carbons (Fsp3) is 0.355. The average molecular weight is 525 g/mol. The molecule has 2 amide bonds. The van der Waals surface area contributed by atoms with E-state index in [9.17, 15) is 20.0 Å². The molecule has 0 spiro atoms. The highest BCUT2D eigenvalue weighted by Gasteiger charge is 2.50. The van der Waals surface area contributed by atoms with Gasteiger partial charge in [0.25, 0.3) is 5.91 Å². The zero-order chi connectivity index (χ0) is 27.9. The van der Waals surface area contributed by atoms with Crippen molar-refractivity contribution in [2.75, 3.05) is 11.4 Å². The third kappa shape index (κ3) is 4.48. The lowest BCUT2D eigenvalue weighted by Gasteiger charge is -2.54. The molecule has 1 aliphatic heterocycles. The number of nitrogens with zero attached hydrogens (tertiary/aromatic N) is 4. The number of pyridine rings is 1.